The molecule has 0 aliphatic heterocycles. The minimum atomic E-state index is -1.35. The number of hydrogen-bond donors (Lipinski definition) is 1. The zero-order chi connectivity index (χ0) is 15.3. The number of nitrogens with zero attached hydrogens (tertiary/aromatic N) is 1. The van der Waals surface area contributed by atoms with Crippen LogP contribution in [-0.2, 0) is 11.2 Å². The van der Waals surface area contributed by atoms with Crippen molar-refractivity contribution in [1.82, 2.24) is 0 Å². The van der Waals surface area contributed by atoms with Crippen molar-refractivity contribution in [2.75, 3.05) is 7.11 Å². The van der Waals surface area contributed by atoms with E-state index in [0.29, 0.717) is 6.42 Å². The van der Waals surface area contributed by atoms with E-state index in [1.807, 2.05) is 31.2 Å². The minimum Gasteiger partial charge on any atom is -0.496 e. The van der Waals surface area contributed by atoms with Crippen molar-refractivity contribution in [3.05, 3.63) is 29.3 Å². The Bertz CT molecular complexity index is 531. The Hall–Kier alpha value is -2.02. The average Bonchev–Trinajstić information content (AvgIpc) is 2.39. The van der Waals surface area contributed by atoms with Gasteiger partial charge in [0.25, 0.3) is 0 Å². The lowest BCUT2D eigenvalue weighted by atomic mass is 9.74. The third-order valence-corrected chi connectivity index (χ3v) is 3.79. The molecular weight excluding hydrogens is 254 g/mol. The van der Waals surface area contributed by atoms with Gasteiger partial charge in [0.2, 0.25) is 0 Å². The van der Waals surface area contributed by atoms with Crippen LogP contribution in [0.15, 0.2) is 18.2 Å². The highest BCUT2D eigenvalue weighted by molar-refractivity contribution is 5.78. The van der Waals surface area contributed by atoms with Gasteiger partial charge >= 0.3 is 5.97 Å². The molecular formula is C16H21NO3. The summed E-state index contributed by atoms with van der Waals surface area (Å²) in [6.07, 6.45) is 0.777. The summed E-state index contributed by atoms with van der Waals surface area (Å²) >= 11 is 0. The first kappa shape index (κ1) is 16.0. The second-order valence-corrected chi connectivity index (χ2v) is 5.36. The molecule has 0 bridgehead atoms. The van der Waals surface area contributed by atoms with Gasteiger partial charge in [0.05, 0.1) is 13.2 Å². The van der Waals surface area contributed by atoms with Crippen LogP contribution in [0.1, 0.15) is 31.4 Å². The topological polar surface area (TPSA) is 70.3 Å². The van der Waals surface area contributed by atoms with Crippen molar-refractivity contribution in [3.8, 4) is 11.8 Å². The van der Waals surface area contributed by atoms with Gasteiger partial charge in [0.15, 0.2) is 5.41 Å². The highest BCUT2D eigenvalue weighted by Crippen LogP contribution is 2.34. The van der Waals surface area contributed by atoms with Crippen molar-refractivity contribution >= 4 is 5.97 Å². The number of nitriles is 1. The Morgan fingerprint density at radius 2 is 2.15 bits per heavy atom. The summed E-state index contributed by atoms with van der Waals surface area (Å²) in [5, 5.41) is 18.7. The molecule has 4 heteroatoms. The number of carboxylic acid groups (broad SMARTS) is 1. The van der Waals surface area contributed by atoms with Gasteiger partial charge in [0.1, 0.15) is 5.75 Å². The Balaban J connectivity index is 3.03. The number of ether oxygens (including phenoxy) is 1. The molecule has 1 rings (SSSR count). The third kappa shape index (κ3) is 3.11. The number of benzene rings is 1. The molecule has 0 aliphatic rings. The van der Waals surface area contributed by atoms with Gasteiger partial charge < -0.3 is 9.84 Å². The van der Waals surface area contributed by atoms with Crippen LogP contribution in [0, 0.1) is 29.6 Å². The van der Waals surface area contributed by atoms with E-state index in [1.54, 1.807) is 21.0 Å². The first-order chi connectivity index (χ1) is 9.37. The average molecular weight is 275 g/mol. The number of carbonyl (C=O) groups is 1. The van der Waals surface area contributed by atoms with Crippen molar-refractivity contribution in [1.29, 1.82) is 5.26 Å². The lowest BCUT2D eigenvalue weighted by Gasteiger charge is -2.26. The second-order valence-electron chi connectivity index (χ2n) is 5.36. The van der Waals surface area contributed by atoms with Crippen LogP contribution >= 0.6 is 0 Å². The standard InChI is InChI=1S/C16H21NO3/c1-11(2)16(10-17,15(18)19)8-7-13-9-12(3)5-6-14(13)20-4/h5-6,9,11H,7-8H2,1-4H3,(H,18,19). The van der Waals surface area contributed by atoms with Crippen LogP contribution < -0.4 is 4.74 Å². The molecule has 0 spiro atoms. The predicted molar refractivity (Wildman–Crippen MR) is 76.6 cm³/mol. The molecule has 0 saturated carbocycles. The molecule has 1 aromatic carbocycles. The number of aryl methyl sites for hydroxylation is 2. The number of carboxylic acids is 1. The molecule has 0 amide bonds. The van der Waals surface area contributed by atoms with E-state index in [2.05, 4.69) is 0 Å². The van der Waals surface area contributed by atoms with Gasteiger partial charge in [-0.1, -0.05) is 31.5 Å². The normalized spacial score (nSPS) is 13.6. The van der Waals surface area contributed by atoms with Crippen molar-refractivity contribution in [2.45, 2.75) is 33.6 Å². The first-order valence-electron chi connectivity index (χ1n) is 6.65. The molecule has 0 saturated heterocycles. The smallest absolute Gasteiger partial charge is 0.324 e. The van der Waals surface area contributed by atoms with Gasteiger partial charge in [-0.15, -0.1) is 0 Å². The summed E-state index contributed by atoms with van der Waals surface area (Å²) in [5.41, 5.74) is 0.673. The van der Waals surface area contributed by atoms with E-state index >= 15 is 0 Å². The van der Waals surface area contributed by atoms with Crippen molar-refractivity contribution < 1.29 is 14.6 Å². The summed E-state index contributed by atoms with van der Waals surface area (Å²) in [7, 11) is 1.59. The second kappa shape index (κ2) is 6.42. The maximum atomic E-state index is 11.5. The minimum absolute atomic E-state index is 0.249. The SMILES string of the molecule is COc1ccc(C)cc1CCC(C#N)(C(=O)O)C(C)C. The first-order valence-corrected chi connectivity index (χ1v) is 6.65. The maximum Gasteiger partial charge on any atom is 0.324 e. The zero-order valence-electron chi connectivity index (χ0n) is 12.4. The molecule has 108 valence electrons. The number of rotatable bonds is 6. The molecule has 1 N–H and O–H groups in total. The Kier molecular flexibility index (Phi) is 5.15. The van der Waals surface area contributed by atoms with E-state index in [9.17, 15) is 15.2 Å². The predicted octanol–water partition coefficient (Wildman–Crippen LogP) is 3.19. The van der Waals surface area contributed by atoms with E-state index in [1.165, 1.54) is 0 Å². The highest BCUT2D eigenvalue weighted by Gasteiger charge is 2.41. The fourth-order valence-electron chi connectivity index (χ4n) is 2.31. The van der Waals surface area contributed by atoms with Gasteiger partial charge in [-0.2, -0.15) is 5.26 Å². The third-order valence-electron chi connectivity index (χ3n) is 3.79. The molecule has 0 aliphatic carbocycles. The zero-order valence-corrected chi connectivity index (χ0v) is 12.4. The van der Waals surface area contributed by atoms with Crippen LogP contribution in [0.25, 0.3) is 0 Å². The Labute approximate surface area is 120 Å². The van der Waals surface area contributed by atoms with Crippen LogP contribution in [0.2, 0.25) is 0 Å². The number of methoxy groups -OCH3 is 1. The van der Waals surface area contributed by atoms with E-state index in [4.69, 9.17) is 4.74 Å². The monoisotopic (exact) mass is 275 g/mol. The van der Waals surface area contributed by atoms with Gasteiger partial charge in [-0.05, 0) is 37.3 Å². The highest BCUT2D eigenvalue weighted by atomic mass is 16.5. The van der Waals surface area contributed by atoms with Crippen LogP contribution in [-0.4, -0.2) is 18.2 Å². The number of hydrogen-bond acceptors (Lipinski definition) is 3. The van der Waals surface area contributed by atoms with Gasteiger partial charge in [-0.25, -0.2) is 0 Å². The summed E-state index contributed by atoms with van der Waals surface area (Å²) in [5.74, 6) is -0.570. The molecule has 0 fully saturated rings. The Morgan fingerprint density at radius 3 is 2.60 bits per heavy atom. The largest absolute Gasteiger partial charge is 0.496 e. The van der Waals surface area contributed by atoms with Crippen LogP contribution in [0.4, 0.5) is 0 Å². The number of aliphatic carboxylic acids is 1. The Morgan fingerprint density at radius 1 is 1.50 bits per heavy atom. The molecule has 1 aromatic rings. The molecule has 4 nitrogen and oxygen atoms in total. The van der Waals surface area contributed by atoms with Crippen LogP contribution in [0.3, 0.4) is 0 Å². The summed E-state index contributed by atoms with van der Waals surface area (Å²) in [6, 6.07) is 7.79. The molecule has 0 aromatic heterocycles. The molecule has 20 heavy (non-hydrogen) atoms. The quantitative estimate of drug-likeness (QED) is 0.865. The van der Waals surface area contributed by atoms with E-state index < -0.39 is 11.4 Å². The van der Waals surface area contributed by atoms with Crippen molar-refractivity contribution in [3.63, 3.8) is 0 Å². The van der Waals surface area contributed by atoms with E-state index in [0.717, 1.165) is 16.9 Å². The van der Waals surface area contributed by atoms with Crippen LogP contribution in [0.5, 0.6) is 5.75 Å². The fraction of sp³-hybridized carbons (Fsp3) is 0.500. The van der Waals surface area contributed by atoms with E-state index in [-0.39, 0.29) is 12.3 Å². The molecule has 0 radical (unpaired) electrons. The molecule has 0 heterocycles. The van der Waals surface area contributed by atoms with Crippen molar-refractivity contribution in [2.24, 2.45) is 11.3 Å². The summed E-state index contributed by atoms with van der Waals surface area (Å²) in [6.45, 7) is 5.51. The maximum absolute atomic E-state index is 11.5. The summed E-state index contributed by atoms with van der Waals surface area (Å²) in [4.78, 5) is 11.5. The molecule has 1 atom stereocenters. The molecule has 1 unspecified atom stereocenters. The summed E-state index contributed by atoms with van der Waals surface area (Å²) < 4.78 is 5.29. The van der Waals surface area contributed by atoms with Gasteiger partial charge in [-0.3, -0.25) is 4.79 Å². The van der Waals surface area contributed by atoms with Gasteiger partial charge in [0, 0.05) is 0 Å². The lowest BCUT2D eigenvalue weighted by Crippen LogP contribution is -2.35. The lowest BCUT2D eigenvalue weighted by molar-refractivity contribution is -0.148. The fourth-order valence-corrected chi connectivity index (χ4v) is 2.31.